The van der Waals surface area contributed by atoms with Crippen molar-refractivity contribution in [2.24, 2.45) is 0 Å². The minimum atomic E-state index is 0.122. The molecule has 0 unspecified atom stereocenters. The second kappa shape index (κ2) is 7.14. The number of pyridine rings is 1. The van der Waals surface area contributed by atoms with Crippen molar-refractivity contribution >= 4 is 17.1 Å². The minimum absolute atomic E-state index is 0.122. The Kier molecular flexibility index (Phi) is 4.68. The second-order valence-corrected chi connectivity index (χ2v) is 7.50. The first-order chi connectivity index (χ1) is 13.1. The van der Waals surface area contributed by atoms with E-state index in [1.807, 2.05) is 41.4 Å². The van der Waals surface area contributed by atoms with Gasteiger partial charge < -0.3 is 9.47 Å². The van der Waals surface area contributed by atoms with Crippen LogP contribution in [0.5, 0.6) is 0 Å². The minimum Gasteiger partial charge on any atom is -0.338 e. The van der Waals surface area contributed by atoms with Crippen LogP contribution in [0.15, 0.2) is 36.5 Å². The number of amides is 1. The van der Waals surface area contributed by atoms with Gasteiger partial charge in [-0.05, 0) is 62.1 Å². The van der Waals surface area contributed by atoms with E-state index in [2.05, 4.69) is 30.3 Å². The fourth-order valence-electron chi connectivity index (χ4n) is 3.94. The van der Waals surface area contributed by atoms with Crippen LogP contribution >= 0.6 is 0 Å². The Morgan fingerprint density at radius 2 is 2.07 bits per heavy atom. The van der Waals surface area contributed by atoms with Gasteiger partial charge >= 0.3 is 0 Å². The number of imidazole rings is 1. The van der Waals surface area contributed by atoms with Gasteiger partial charge in [-0.15, -0.1) is 0 Å². The number of carbonyl (C=O) groups excluding carboxylic acids is 1. The highest BCUT2D eigenvalue weighted by atomic mass is 16.2. The largest absolute Gasteiger partial charge is 0.338 e. The number of benzene rings is 1. The molecule has 1 aliphatic heterocycles. The highest BCUT2D eigenvalue weighted by molar-refractivity contribution is 5.94. The van der Waals surface area contributed by atoms with Gasteiger partial charge in [0.2, 0.25) is 0 Å². The quantitative estimate of drug-likeness (QED) is 0.702. The van der Waals surface area contributed by atoms with Crippen molar-refractivity contribution in [2.45, 2.75) is 46.1 Å². The van der Waals surface area contributed by atoms with Crippen molar-refractivity contribution < 1.29 is 4.79 Å². The summed E-state index contributed by atoms with van der Waals surface area (Å²) in [5, 5.41) is 0. The molecular weight excluding hydrogens is 336 g/mol. The van der Waals surface area contributed by atoms with Crippen molar-refractivity contribution in [1.82, 2.24) is 19.4 Å². The van der Waals surface area contributed by atoms with Gasteiger partial charge in [0, 0.05) is 37.3 Å². The van der Waals surface area contributed by atoms with E-state index in [4.69, 9.17) is 4.98 Å². The Bertz CT molecular complexity index is 991. The SMILES string of the molecule is CCCn1c([C@@H]2CCN(C(=O)c3ccc(C)c(C)c3)C2)nc2cccnc21. The van der Waals surface area contributed by atoms with E-state index in [-0.39, 0.29) is 11.8 Å². The van der Waals surface area contributed by atoms with E-state index in [1.165, 1.54) is 5.56 Å². The molecule has 4 rings (SSSR count). The lowest BCUT2D eigenvalue weighted by Crippen LogP contribution is -2.28. The molecule has 1 aromatic carbocycles. The molecular formula is C22H26N4O. The average molecular weight is 362 g/mol. The molecule has 1 amide bonds. The molecule has 1 fully saturated rings. The van der Waals surface area contributed by atoms with Crippen molar-refractivity contribution in [1.29, 1.82) is 0 Å². The van der Waals surface area contributed by atoms with Crippen molar-refractivity contribution in [3.8, 4) is 0 Å². The molecule has 0 radical (unpaired) electrons. The number of carbonyl (C=O) groups is 1. The highest BCUT2D eigenvalue weighted by Gasteiger charge is 2.31. The summed E-state index contributed by atoms with van der Waals surface area (Å²) in [5.41, 5.74) is 5.05. The fraction of sp³-hybridized carbons (Fsp3) is 0.409. The number of fused-ring (bicyclic) bond motifs is 1. The lowest BCUT2D eigenvalue weighted by molar-refractivity contribution is 0.0790. The number of nitrogens with zero attached hydrogens (tertiary/aromatic N) is 4. The zero-order valence-electron chi connectivity index (χ0n) is 16.3. The monoisotopic (exact) mass is 362 g/mol. The molecule has 3 heterocycles. The Hall–Kier alpha value is -2.69. The molecule has 1 saturated heterocycles. The van der Waals surface area contributed by atoms with Gasteiger partial charge in [-0.2, -0.15) is 0 Å². The van der Waals surface area contributed by atoms with E-state index < -0.39 is 0 Å². The summed E-state index contributed by atoms with van der Waals surface area (Å²) in [6.07, 6.45) is 3.81. The lowest BCUT2D eigenvalue weighted by atomic mass is 10.1. The fourth-order valence-corrected chi connectivity index (χ4v) is 3.94. The molecule has 0 N–H and O–H groups in total. The molecule has 140 valence electrons. The van der Waals surface area contributed by atoms with E-state index >= 15 is 0 Å². The Balaban J connectivity index is 1.59. The summed E-state index contributed by atoms with van der Waals surface area (Å²) in [4.78, 5) is 24.3. The highest BCUT2D eigenvalue weighted by Crippen LogP contribution is 2.30. The number of hydrogen-bond donors (Lipinski definition) is 0. The molecule has 5 nitrogen and oxygen atoms in total. The first-order valence-corrected chi connectivity index (χ1v) is 9.76. The molecule has 0 spiro atoms. The number of rotatable bonds is 4. The summed E-state index contributed by atoms with van der Waals surface area (Å²) in [6.45, 7) is 8.70. The van der Waals surface area contributed by atoms with E-state index in [9.17, 15) is 4.79 Å². The number of aromatic nitrogens is 3. The lowest BCUT2D eigenvalue weighted by Gasteiger charge is -2.18. The van der Waals surface area contributed by atoms with Crippen LogP contribution in [-0.4, -0.2) is 38.4 Å². The maximum atomic E-state index is 13.0. The van der Waals surface area contributed by atoms with Crippen molar-refractivity contribution in [2.75, 3.05) is 13.1 Å². The molecule has 1 atom stereocenters. The first-order valence-electron chi connectivity index (χ1n) is 9.76. The summed E-state index contributed by atoms with van der Waals surface area (Å²) >= 11 is 0. The van der Waals surface area contributed by atoms with E-state index in [0.29, 0.717) is 0 Å². The topological polar surface area (TPSA) is 51.0 Å². The molecule has 5 heteroatoms. The van der Waals surface area contributed by atoms with Gasteiger partial charge in [-0.3, -0.25) is 4.79 Å². The molecule has 0 bridgehead atoms. The third-order valence-corrected chi connectivity index (χ3v) is 5.57. The van der Waals surface area contributed by atoms with Gasteiger partial charge in [0.1, 0.15) is 11.3 Å². The van der Waals surface area contributed by atoms with Gasteiger partial charge in [0.15, 0.2) is 5.65 Å². The van der Waals surface area contributed by atoms with E-state index in [0.717, 1.165) is 60.6 Å². The number of aryl methyl sites for hydroxylation is 3. The van der Waals surface area contributed by atoms with Gasteiger partial charge in [0.25, 0.3) is 5.91 Å². The normalized spacial score (nSPS) is 17.0. The summed E-state index contributed by atoms with van der Waals surface area (Å²) < 4.78 is 2.24. The van der Waals surface area contributed by atoms with Crippen LogP contribution in [0.25, 0.3) is 11.2 Å². The number of hydrogen-bond acceptors (Lipinski definition) is 3. The molecule has 2 aromatic heterocycles. The van der Waals surface area contributed by atoms with Crippen molar-refractivity contribution in [3.05, 3.63) is 59.0 Å². The summed E-state index contributed by atoms with van der Waals surface area (Å²) in [6, 6.07) is 9.92. The zero-order chi connectivity index (χ0) is 19.0. The zero-order valence-corrected chi connectivity index (χ0v) is 16.3. The predicted molar refractivity (Wildman–Crippen MR) is 107 cm³/mol. The molecule has 3 aromatic rings. The number of likely N-dealkylation sites (tertiary alicyclic amines) is 1. The van der Waals surface area contributed by atoms with Crippen LogP contribution in [0.4, 0.5) is 0 Å². The summed E-state index contributed by atoms with van der Waals surface area (Å²) in [5.74, 6) is 1.46. The third-order valence-electron chi connectivity index (χ3n) is 5.57. The maximum Gasteiger partial charge on any atom is 0.253 e. The van der Waals surface area contributed by atoms with Crippen LogP contribution in [0, 0.1) is 13.8 Å². The van der Waals surface area contributed by atoms with E-state index in [1.54, 1.807) is 0 Å². The van der Waals surface area contributed by atoms with Crippen LogP contribution in [0.3, 0.4) is 0 Å². The molecule has 0 aliphatic carbocycles. The first kappa shape index (κ1) is 17.7. The average Bonchev–Trinajstić information content (AvgIpc) is 3.29. The van der Waals surface area contributed by atoms with Crippen LogP contribution in [0.2, 0.25) is 0 Å². The molecule has 27 heavy (non-hydrogen) atoms. The van der Waals surface area contributed by atoms with Crippen LogP contribution < -0.4 is 0 Å². The van der Waals surface area contributed by atoms with Gasteiger partial charge in [-0.25, -0.2) is 9.97 Å². The smallest absolute Gasteiger partial charge is 0.253 e. The Morgan fingerprint density at radius 1 is 1.22 bits per heavy atom. The van der Waals surface area contributed by atoms with Crippen molar-refractivity contribution in [3.63, 3.8) is 0 Å². The van der Waals surface area contributed by atoms with Crippen LogP contribution in [0.1, 0.15) is 53.0 Å². The van der Waals surface area contributed by atoms with Gasteiger partial charge in [0.05, 0.1) is 0 Å². The van der Waals surface area contributed by atoms with Crippen LogP contribution in [-0.2, 0) is 6.54 Å². The Labute approximate surface area is 160 Å². The Morgan fingerprint density at radius 3 is 2.85 bits per heavy atom. The predicted octanol–water partition coefficient (Wildman–Crippen LogP) is 4.09. The molecule has 0 saturated carbocycles. The standard InChI is InChI=1S/C22H26N4O/c1-4-11-26-20(24-19-6-5-10-23-21(19)26)18-9-12-25(14-18)22(27)17-8-7-15(2)16(3)13-17/h5-8,10,13,18H,4,9,11-12,14H2,1-3H3/t18-/m1/s1. The second-order valence-electron chi connectivity index (χ2n) is 7.50. The third kappa shape index (κ3) is 3.22. The summed E-state index contributed by atoms with van der Waals surface area (Å²) in [7, 11) is 0. The maximum absolute atomic E-state index is 13.0. The van der Waals surface area contributed by atoms with Gasteiger partial charge in [-0.1, -0.05) is 13.0 Å². The molecule has 1 aliphatic rings.